The lowest BCUT2D eigenvalue weighted by Gasteiger charge is -2.07. The molecule has 1 heterocycles. The number of rotatable bonds is 6. The Morgan fingerprint density at radius 2 is 1.91 bits per heavy atom. The first-order valence-electron chi connectivity index (χ1n) is 7.91. The minimum absolute atomic E-state index is 0.0607. The number of aryl methyl sites for hydroxylation is 2. The summed E-state index contributed by atoms with van der Waals surface area (Å²) >= 11 is 0. The molecule has 2 N–H and O–H groups in total. The monoisotopic (exact) mass is 300 g/mol. The maximum atomic E-state index is 12.1. The minimum atomic E-state index is -0.0708. The van der Waals surface area contributed by atoms with Crippen LogP contribution in [0.5, 0.6) is 0 Å². The Hall–Kier alpha value is -2.10. The third-order valence-electron chi connectivity index (χ3n) is 4.01. The fourth-order valence-electron chi connectivity index (χ4n) is 2.47. The summed E-state index contributed by atoms with van der Waals surface area (Å²) in [6.07, 6.45) is 3.02. The first-order chi connectivity index (χ1) is 10.5. The number of fused-ring (bicyclic) bond motifs is 1. The number of benzene rings is 1. The minimum Gasteiger partial charge on any atom is -0.356 e. The Bertz CT molecular complexity index is 732. The van der Waals surface area contributed by atoms with E-state index in [2.05, 4.69) is 30.2 Å². The standard InChI is InChI=1S/C18H24N2O2/c1-4-5-6-17(21)19-8-7-14-11-15-9-12(2)13(3)10-16(15)20-18(14)22/h9-11H,4-8H2,1-3H3,(H,19,21)(H,20,22). The van der Waals surface area contributed by atoms with Gasteiger partial charge < -0.3 is 10.3 Å². The van der Waals surface area contributed by atoms with Crippen LogP contribution in [0.25, 0.3) is 10.9 Å². The molecule has 0 fully saturated rings. The average molecular weight is 300 g/mol. The molecule has 4 nitrogen and oxygen atoms in total. The fraction of sp³-hybridized carbons (Fsp3) is 0.444. The highest BCUT2D eigenvalue weighted by Crippen LogP contribution is 2.17. The molecule has 4 heteroatoms. The van der Waals surface area contributed by atoms with Gasteiger partial charge in [0, 0.05) is 24.0 Å². The molecular formula is C18H24N2O2. The molecule has 0 spiro atoms. The van der Waals surface area contributed by atoms with E-state index in [1.807, 2.05) is 19.1 Å². The highest BCUT2D eigenvalue weighted by atomic mass is 16.1. The molecule has 0 saturated carbocycles. The van der Waals surface area contributed by atoms with Crippen molar-refractivity contribution in [1.29, 1.82) is 0 Å². The molecule has 1 aromatic heterocycles. The highest BCUT2D eigenvalue weighted by Gasteiger charge is 2.06. The second kappa shape index (κ2) is 7.25. The summed E-state index contributed by atoms with van der Waals surface area (Å²) < 4.78 is 0. The second-order valence-electron chi connectivity index (χ2n) is 5.85. The molecule has 0 aliphatic heterocycles. The quantitative estimate of drug-likeness (QED) is 0.861. The van der Waals surface area contributed by atoms with E-state index in [9.17, 15) is 9.59 Å². The van der Waals surface area contributed by atoms with Gasteiger partial charge in [0.15, 0.2) is 0 Å². The first-order valence-corrected chi connectivity index (χ1v) is 7.91. The third kappa shape index (κ3) is 3.97. The summed E-state index contributed by atoms with van der Waals surface area (Å²) in [7, 11) is 0. The molecule has 1 aromatic carbocycles. The fourth-order valence-corrected chi connectivity index (χ4v) is 2.47. The van der Waals surface area contributed by atoms with Crippen LogP contribution in [0.3, 0.4) is 0 Å². The van der Waals surface area contributed by atoms with Crippen molar-refractivity contribution < 1.29 is 4.79 Å². The van der Waals surface area contributed by atoms with Gasteiger partial charge in [0.05, 0.1) is 0 Å². The van der Waals surface area contributed by atoms with Gasteiger partial charge in [-0.05, 0) is 61.4 Å². The number of hydrogen-bond acceptors (Lipinski definition) is 2. The van der Waals surface area contributed by atoms with Gasteiger partial charge in [0.1, 0.15) is 0 Å². The molecule has 0 radical (unpaired) electrons. The van der Waals surface area contributed by atoms with Crippen molar-refractivity contribution >= 4 is 16.8 Å². The molecule has 22 heavy (non-hydrogen) atoms. The zero-order valence-electron chi connectivity index (χ0n) is 13.6. The van der Waals surface area contributed by atoms with Gasteiger partial charge in [-0.1, -0.05) is 13.3 Å². The number of nitrogens with one attached hydrogen (secondary N) is 2. The molecule has 1 amide bonds. The van der Waals surface area contributed by atoms with Gasteiger partial charge in [-0.15, -0.1) is 0 Å². The predicted octanol–water partition coefficient (Wildman–Crippen LogP) is 2.99. The van der Waals surface area contributed by atoms with Crippen molar-refractivity contribution in [3.05, 3.63) is 45.2 Å². The van der Waals surface area contributed by atoms with Crippen molar-refractivity contribution in [3.8, 4) is 0 Å². The van der Waals surface area contributed by atoms with Crippen LogP contribution in [0.4, 0.5) is 0 Å². The molecule has 0 bridgehead atoms. The van der Waals surface area contributed by atoms with E-state index in [1.165, 1.54) is 11.1 Å². The zero-order valence-corrected chi connectivity index (χ0v) is 13.6. The average Bonchev–Trinajstić information content (AvgIpc) is 2.48. The number of aromatic amines is 1. The Kier molecular flexibility index (Phi) is 5.36. The van der Waals surface area contributed by atoms with E-state index >= 15 is 0 Å². The van der Waals surface area contributed by atoms with Gasteiger partial charge in [-0.25, -0.2) is 0 Å². The molecular weight excluding hydrogens is 276 g/mol. The zero-order chi connectivity index (χ0) is 16.1. The molecule has 0 aliphatic rings. The Balaban J connectivity index is 2.08. The topological polar surface area (TPSA) is 62.0 Å². The van der Waals surface area contributed by atoms with Gasteiger partial charge >= 0.3 is 0 Å². The highest BCUT2D eigenvalue weighted by molar-refractivity contribution is 5.80. The van der Waals surface area contributed by atoms with Gasteiger partial charge in [-0.3, -0.25) is 9.59 Å². The maximum Gasteiger partial charge on any atom is 0.251 e. The summed E-state index contributed by atoms with van der Waals surface area (Å²) in [5.41, 5.74) is 3.88. The van der Waals surface area contributed by atoms with Crippen LogP contribution in [-0.4, -0.2) is 17.4 Å². The van der Waals surface area contributed by atoms with E-state index in [4.69, 9.17) is 0 Å². The predicted molar refractivity (Wildman–Crippen MR) is 90.3 cm³/mol. The van der Waals surface area contributed by atoms with Crippen LogP contribution in [0.2, 0.25) is 0 Å². The summed E-state index contributed by atoms with van der Waals surface area (Å²) in [6.45, 7) is 6.66. The molecule has 0 unspecified atom stereocenters. The SMILES string of the molecule is CCCCC(=O)NCCc1cc2cc(C)c(C)cc2[nH]c1=O. The number of carbonyl (C=O) groups excluding carboxylic acids is 1. The summed E-state index contributed by atoms with van der Waals surface area (Å²) in [4.78, 5) is 26.6. The van der Waals surface area contributed by atoms with Crippen molar-refractivity contribution in [2.24, 2.45) is 0 Å². The van der Waals surface area contributed by atoms with Crippen LogP contribution in [0.15, 0.2) is 23.0 Å². The number of amides is 1. The number of carbonyl (C=O) groups is 1. The number of hydrogen-bond donors (Lipinski definition) is 2. The van der Waals surface area contributed by atoms with Gasteiger partial charge in [0.25, 0.3) is 5.56 Å². The summed E-state index contributed by atoms with van der Waals surface area (Å²) in [6, 6.07) is 6.02. The van der Waals surface area contributed by atoms with Crippen LogP contribution in [-0.2, 0) is 11.2 Å². The first kappa shape index (κ1) is 16.3. The molecule has 0 atom stereocenters. The van der Waals surface area contributed by atoms with Crippen LogP contribution in [0.1, 0.15) is 42.9 Å². The molecule has 0 saturated heterocycles. The normalized spacial score (nSPS) is 10.9. The number of pyridine rings is 1. The van der Waals surface area contributed by atoms with Crippen molar-refractivity contribution in [1.82, 2.24) is 10.3 Å². The molecule has 2 aromatic rings. The summed E-state index contributed by atoms with van der Waals surface area (Å²) in [5, 5.41) is 3.91. The van der Waals surface area contributed by atoms with Crippen molar-refractivity contribution in [2.45, 2.75) is 46.5 Å². The van der Waals surface area contributed by atoms with Crippen molar-refractivity contribution in [3.63, 3.8) is 0 Å². The number of aromatic nitrogens is 1. The van der Waals surface area contributed by atoms with E-state index in [1.54, 1.807) is 0 Å². The molecule has 2 rings (SSSR count). The van der Waals surface area contributed by atoms with Gasteiger partial charge in [-0.2, -0.15) is 0 Å². The lowest BCUT2D eigenvalue weighted by Crippen LogP contribution is -2.27. The van der Waals surface area contributed by atoms with Crippen molar-refractivity contribution in [2.75, 3.05) is 6.54 Å². The Morgan fingerprint density at radius 3 is 2.64 bits per heavy atom. The smallest absolute Gasteiger partial charge is 0.251 e. The molecule has 118 valence electrons. The van der Waals surface area contributed by atoms with Crippen LogP contribution >= 0.6 is 0 Å². The largest absolute Gasteiger partial charge is 0.356 e. The van der Waals surface area contributed by atoms with E-state index in [0.29, 0.717) is 24.9 Å². The number of H-pyrrole nitrogens is 1. The van der Waals surface area contributed by atoms with E-state index in [0.717, 1.165) is 23.7 Å². The Morgan fingerprint density at radius 1 is 1.18 bits per heavy atom. The lowest BCUT2D eigenvalue weighted by atomic mass is 10.0. The van der Waals surface area contributed by atoms with Gasteiger partial charge in [0.2, 0.25) is 5.91 Å². The number of unbranched alkanes of at least 4 members (excludes halogenated alkanes) is 1. The molecule has 0 aliphatic carbocycles. The van der Waals surface area contributed by atoms with E-state index in [-0.39, 0.29) is 11.5 Å². The maximum absolute atomic E-state index is 12.1. The Labute approximate surface area is 130 Å². The lowest BCUT2D eigenvalue weighted by molar-refractivity contribution is -0.121. The van der Waals surface area contributed by atoms with Crippen LogP contribution in [0, 0.1) is 13.8 Å². The second-order valence-corrected chi connectivity index (χ2v) is 5.85. The van der Waals surface area contributed by atoms with Crippen LogP contribution < -0.4 is 10.9 Å². The van der Waals surface area contributed by atoms with E-state index < -0.39 is 0 Å². The third-order valence-corrected chi connectivity index (χ3v) is 4.01. The summed E-state index contributed by atoms with van der Waals surface area (Å²) in [5.74, 6) is 0.0607.